The first-order chi connectivity index (χ1) is 10.6. The number of benzene rings is 1. The highest BCUT2D eigenvalue weighted by Crippen LogP contribution is 2.29. The minimum absolute atomic E-state index is 0.0860. The van der Waals surface area contributed by atoms with Gasteiger partial charge in [-0.25, -0.2) is 9.97 Å². The summed E-state index contributed by atoms with van der Waals surface area (Å²) in [6, 6.07) is 9.46. The third kappa shape index (κ3) is 2.69. The fourth-order valence-electron chi connectivity index (χ4n) is 2.11. The molecule has 0 atom stereocenters. The molecule has 3 aromatic rings. The predicted molar refractivity (Wildman–Crippen MR) is 89.6 cm³/mol. The molecule has 1 aromatic carbocycles. The summed E-state index contributed by atoms with van der Waals surface area (Å²) in [6.07, 6.45) is 3.40. The Morgan fingerprint density at radius 2 is 2.05 bits per heavy atom. The summed E-state index contributed by atoms with van der Waals surface area (Å²) in [4.78, 5) is 26.5. The van der Waals surface area contributed by atoms with Crippen LogP contribution in [0.25, 0.3) is 22.3 Å². The molecule has 0 aliphatic heterocycles. The van der Waals surface area contributed by atoms with Crippen LogP contribution in [0.3, 0.4) is 0 Å². The van der Waals surface area contributed by atoms with E-state index >= 15 is 0 Å². The Labute approximate surface area is 136 Å². The quantitative estimate of drug-likeness (QED) is 0.705. The number of carbonyl (C=O) groups is 1. The molecule has 0 unspecified atom stereocenters. The lowest BCUT2D eigenvalue weighted by atomic mass is 10.2. The summed E-state index contributed by atoms with van der Waals surface area (Å²) >= 11 is 3.45. The van der Waals surface area contributed by atoms with Gasteiger partial charge in [0, 0.05) is 41.8 Å². The van der Waals surface area contributed by atoms with Crippen molar-refractivity contribution in [1.82, 2.24) is 15.0 Å². The zero-order valence-electron chi connectivity index (χ0n) is 12.1. The molecule has 110 valence electrons. The lowest BCUT2D eigenvalue weighted by Gasteiger charge is -2.17. The summed E-state index contributed by atoms with van der Waals surface area (Å²) < 4.78 is 0.913. The van der Waals surface area contributed by atoms with Gasteiger partial charge in [-0.2, -0.15) is 0 Å². The minimum atomic E-state index is -0.0860. The zero-order chi connectivity index (χ0) is 15.7. The lowest BCUT2D eigenvalue weighted by molar-refractivity contribution is -0.116. The van der Waals surface area contributed by atoms with Crippen LogP contribution in [0.4, 0.5) is 5.82 Å². The number of anilines is 1. The van der Waals surface area contributed by atoms with Crippen molar-refractivity contribution >= 4 is 38.6 Å². The van der Waals surface area contributed by atoms with Crippen molar-refractivity contribution in [3.63, 3.8) is 0 Å². The second kappa shape index (κ2) is 5.81. The Morgan fingerprint density at radius 3 is 2.73 bits per heavy atom. The maximum atomic E-state index is 11.8. The largest absolute Gasteiger partial charge is 0.300 e. The fraction of sp³-hybridized carbons (Fsp3) is 0.125. The summed E-state index contributed by atoms with van der Waals surface area (Å²) in [5, 5.41) is 0.819. The van der Waals surface area contributed by atoms with Gasteiger partial charge < -0.3 is 0 Å². The molecule has 2 aromatic heterocycles. The highest BCUT2D eigenvalue weighted by molar-refractivity contribution is 9.10. The van der Waals surface area contributed by atoms with E-state index in [2.05, 4.69) is 30.9 Å². The molecular formula is C16H13BrN4O. The van der Waals surface area contributed by atoms with Gasteiger partial charge in [-0.1, -0.05) is 15.9 Å². The molecule has 3 rings (SSSR count). The van der Waals surface area contributed by atoms with E-state index in [1.54, 1.807) is 19.4 Å². The fourth-order valence-corrected chi connectivity index (χ4v) is 2.47. The van der Waals surface area contributed by atoms with E-state index < -0.39 is 0 Å². The molecule has 0 radical (unpaired) electrons. The Morgan fingerprint density at radius 1 is 1.23 bits per heavy atom. The van der Waals surface area contributed by atoms with E-state index in [-0.39, 0.29) is 5.91 Å². The van der Waals surface area contributed by atoms with Crippen LogP contribution in [0.2, 0.25) is 0 Å². The second-order valence-corrected chi connectivity index (χ2v) is 5.77. The number of carbonyl (C=O) groups excluding carboxylic acids is 1. The molecule has 22 heavy (non-hydrogen) atoms. The van der Waals surface area contributed by atoms with Gasteiger partial charge in [-0.15, -0.1) is 0 Å². The van der Waals surface area contributed by atoms with Crippen molar-refractivity contribution in [3.05, 3.63) is 47.2 Å². The molecule has 2 heterocycles. The van der Waals surface area contributed by atoms with E-state index in [1.165, 1.54) is 11.8 Å². The summed E-state index contributed by atoms with van der Waals surface area (Å²) in [7, 11) is 1.71. The van der Waals surface area contributed by atoms with Gasteiger partial charge in [-0.05, 0) is 30.3 Å². The van der Waals surface area contributed by atoms with Crippen LogP contribution in [0.5, 0.6) is 0 Å². The molecule has 0 bridgehead atoms. The molecular weight excluding hydrogens is 344 g/mol. The van der Waals surface area contributed by atoms with E-state index in [0.717, 1.165) is 20.9 Å². The molecule has 0 aliphatic rings. The third-order valence-corrected chi connectivity index (χ3v) is 3.84. The monoisotopic (exact) mass is 356 g/mol. The van der Waals surface area contributed by atoms with Crippen molar-refractivity contribution in [2.75, 3.05) is 11.9 Å². The van der Waals surface area contributed by atoms with Crippen LogP contribution in [0.15, 0.2) is 47.2 Å². The number of fused-ring (bicyclic) bond motifs is 1. The van der Waals surface area contributed by atoms with E-state index in [1.807, 2.05) is 30.3 Å². The van der Waals surface area contributed by atoms with Crippen LogP contribution < -0.4 is 4.90 Å². The zero-order valence-corrected chi connectivity index (χ0v) is 13.7. The summed E-state index contributed by atoms with van der Waals surface area (Å²) in [5.41, 5.74) is 1.59. The molecule has 0 saturated heterocycles. The van der Waals surface area contributed by atoms with Gasteiger partial charge in [0.1, 0.15) is 5.82 Å². The third-order valence-electron chi connectivity index (χ3n) is 3.35. The average molecular weight is 357 g/mol. The number of aromatic nitrogens is 3. The molecule has 6 heteroatoms. The highest BCUT2D eigenvalue weighted by Gasteiger charge is 2.15. The summed E-state index contributed by atoms with van der Waals surface area (Å²) in [5.74, 6) is 1.04. The number of amides is 1. The van der Waals surface area contributed by atoms with Gasteiger partial charge in [0.05, 0.1) is 5.52 Å². The number of rotatable bonds is 2. The maximum absolute atomic E-state index is 11.8. The standard InChI is InChI=1S/C16H13BrN4O/c1-10(22)21(2)16-13-8-12(17)5-6-14(13)19-15(20-16)11-4-3-7-18-9-11/h3-9H,1-2H3. The van der Waals surface area contributed by atoms with Crippen molar-refractivity contribution in [3.8, 4) is 11.4 Å². The molecule has 0 fully saturated rings. The van der Waals surface area contributed by atoms with Crippen molar-refractivity contribution in [2.45, 2.75) is 6.92 Å². The average Bonchev–Trinajstić information content (AvgIpc) is 2.54. The molecule has 0 aliphatic carbocycles. The smallest absolute Gasteiger partial charge is 0.224 e. The van der Waals surface area contributed by atoms with Crippen molar-refractivity contribution in [2.24, 2.45) is 0 Å². The number of hydrogen-bond donors (Lipinski definition) is 0. The van der Waals surface area contributed by atoms with Gasteiger partial charge in [0.2, 0.25) is 5.91 Å². The minimum Gasteiger partial charge on any atom is -0.300 e. The van der Waals surface area contributed by atoms with E-state index in [0.29, 0.717) is 11.6 Å². The van der Waals surface area contributed by atoms with Gasteiger partial charge in [0.15, 0.2) is 5.82 Å². The first kappa shape index (κ1) is 14.6. The molecule has 1 amide bonds. The predicted octanol–water partition coefficient (Wildman–Crippen LogP) is 3.44. The van der Waals surface area contributed by atoms with Crippen LogP contribution in [-0.4, -0.2) is 27.9 Å². The van der Waals surface area contributed by atoms with Crippen LogP contribution in [-0.2, 0) is 4.79 Å². The Bertz CT molecular complexity index is 851. The van der Waals surface area contributed by atoms with E-state index in [4.69, 9.17) is 0 Å². The van der Waals surface area contributed by atoms with Gasteiger partial charge in [-0.3, -0.25) is 14.7 Å². The summed E-state index contributed by atoms with van der Waals surface area (Å²) in [6.45, 7) is 1.51. The Kier molecular flexibility index (Phi) is 3.85. The second-order valence-electron chi connectivity index (χ2n) is 4.85. The maximum Gasteiger partial charge on any atom is 0.224 e. The first-order valence-electron chi connectivity index (χ1n) is 6.68. The molecule has 0 saturated carbocycles. The SMILES string of the molecule is CC(=O)N(C)c1nc(-c2cccnc2)nc2ccc(Br)cc12. The number of hydrogen-bond acceptors (Lipinski definition) is 4. The number of halogens is 1. The van der Waals surface area contributed by atoms with Crippen LogP contribution >= 0.6 is 15.9 Å². The number of pyridine rings is 1. The topological polar surface area (TPSA) is 59.0 Å². The Hall–Kier alpha value is -2.34. The van der Waals surface area contributed by atoms with E-state index in [9.17, 15) is 4.79 Å². The highest BCUT2D eigenvalue weighted by atomic mass is 79.9. The van der Waals surface area contributed by atoms with Crippen LogP contribution in [0.1, 0.15) is 6.92 Å². The van der Waals surface area contributed by atoms with Crippen molar-refractivity contribution in [1.29, 1.82) is 0 Å². The molecule has 0 N–H and O–H groups in total. The van der Waals surface area contributed by atoms with Crippen molar-refractivity contribution < 1.29 is 4.79 Å². The van der Waals surface area contributed by atoms with Crippen LogP contribution in [0, 0.1) is 0 Å². The normalized spacial score (nSPS) is 10.7. The van der Waals surface area contributed by atoms with Gasteiger partial charge >= 0.3 is 0 Å². The molecule has 5 nitrogen and oxygen atoms in total. The first-order valence-corrected chi connectivity index (χ1v) is 7.47. The molecule has 0 spiro atoms. The Balaban J connectivity index is 2.29. The lowest BCUT2D eigenvalue weighted by Crippen LogP contribution is -2.24. The van der Waals surface area contributed by atoms with Gasteiger partial charge in [0.25, 0.3) is 0 Å². The number of nitrogens with zero attached hydrogens (tertiary/aromatic N) is 4.